The molecule has 0 amide bonds. The molecule has 1 aromatic rings. The second-order valence-corrected chi connectivity index (χ2v) is 9.09. The molecule has 1 saturated carbocycles. The van der Waals surface area contributed by atoms with Crippen LogP contribution in [0.25, 0.3) is 0 Å². The van der Waals surface area contributed by atoms with E-state index in [4.69, 9.17) is 9.84 Å². The van der Waals surface area contributed by atoms with Gasteiger partial charge in [-0.05, 0) is 41.4 Å². The molecule has 1 aliphatic rings. The fourth-order valence-corrected chi connectivity index (χ4v) is 4.95. The van der Waals surface area contributed by atoms with Crippen LogP contribution in [0, 0.1) is 11.8 Å². The Bertz CT molecular complexity index is 683. The van der Waals surface area contributed by atoms with Gasteiger partial charge in [-0.1, -0.05) is 36.4 Å². The van der Waals surface area contributed by atoms with Gasteiger partial charge in [0.15, 0.2) is 0 Å². The molecule has 30 heavy (non-hydrogen) atoms. The molecule has 0 aliphatic heterocycles. The Morgan fingerprint density at radius 3 is 2.87 bits per heavy atom. The Balaban J connectivity index is 1.84. The Kier molecular flexibility index (Phi) is 10.9. The van der Waals surface area contributed by atoms with Crippen LogP contribution in [0.4, 0.5) is 4.39 Å². The van der Waals surface area contributed by atoms with Crippen LogP contribution >= 0.6 is 11.8 Å². The summed E-state index contributed by atoms with van der Waals surface area (Å²) in [6, 6.07) is 7.84. The Labute approximate surface area is 182 Å². The molecule has 0 bridgehead atoms. The lowest BCUT2D eigenvalue weighted by Gasteiger charge is -2.20. The SMILES string of the molecule is COCc1cccc(C[C@H](O)C=C[C@@H]2[C@@H](CCSCCCC(=O)O)[C@H](F)C[C@H]2O)c1. The minimum atomic E-state index is -1.06. The largest absolute Gasteiger partial charge is 0.481 e. The van der Waals surface area contributed by atoms with Crippen molar-refractivity contribution in [2.24, 2.45) is 11.8 Å². The van der Waals surface area contributed by atoms with Crippen molar-refractivity contribution in [2.75, 3.05) is 18.6 Å². The van der Waals surface area contributed by atoms with Crippen molar-refractivity contribution in [3.8, 4) is 0 Å². The molecule has 168 valence electrons. The monoisotopic (exact) mass is 440 g/mol. The Morgan fingerprint density at radius 2 is 2.13 bits per heavy atom. The maximum absolute atomic E-state index is 14.4. The summed E-state index contributed by atoms with van der Waals surface area (Å²) in [4.78, 5) is 10.5. The molecule has 0 radical (unpaired) electrons. The molecule has 3 N–H and O–H groups in total. The first-order valence-corrected chi connectivity index (χ1v) is 11.6. The molecule has 2 rings (SSSR count). The van der Waals surface area contributed by atoms with Crippen molar-refractivity contribution in [2.45, 2.75) is 57.1 Å². The highest BCUT2D eigenvalue weighted by molar-refractivity contribution is 7.99. The molecular weight excluding hydrogens is 407 g/mol. The van der Waals surface area contributed by atoms with Gasteiger partial charge in [0.05, 0.1) is 18.8 Å². The summed E-state index contributed by atoms with van der Waals surface area (Å²) in [5, 5.41) is 29.3. The van der Waals surface area contributed by atoms with E-state index in [2.05, 4.69) is 0 Å². The first kappa shape index (κ1) is 24.9. The first-order chi connectivity index (χ1) is 14.4. The first-order valence-electron chi connectivity index (χ1n) is 10.5. The molecule has 1 fully saturated rings. The molecule has 1 aliphatic carbocycles. The second kappa shape index (κ2) is 13.1. The van der Waals surface area contributed by atoms with E-state index in [1.165, 1.54) is 0 Å². The van der Waals surface area contributed by atoms with Gasteiger partial charge in [-0.15, -0.1) is 0 Å². The summed E-state index contributed by atoms with van der Waals surface area (Å²) in [7, 11) is 1.64. The van der Waals surface area contributed by atoms with E-state index in [0.717, 1.165) is 22.6 Å². The Morgan fingerprint density at radius 1 is 1.37 bits per heavy atom. The van der Waals surface area contributed by atoms with Gasteiger partial charge in [0, 0.05) is 32.3 Å². The third-order valence-corrected chi connectivity index (χ3v) is 6.55. The third-order valence-electron chi connectivity index (χ3n) is 5.45. The average molecular weight is 441 g/mol. The van der Waals surface area contributed by atoms with E-state index >= 15 is 0 Å². The number of ether oxygens (including phenoxy) is 1. The number of hydrogen-bond donors (Lipinski definition) is 3. The molecule has 0 spiro atoms. The highest BCUT2D eigenvalue weighted by Crippen LogP contribution is 2.38. The van der Waals surface area contributed by atoms with Crippen molar-refractivity contribution >= 4 is 17.7 Å². The number of carbonyl (C=O) groups is 1. The van der Waals surface area contributed by atoms with Gasteiger partial charge < -0.3 is 20.1 Å². The summed E-state index contributed by atoms with van der Waals surface area (Å²) in [5.74, 6) is 0.0818. The molecule has 0 saturated heterocycles. The van der Waals surface area contributed by atoms with Crippen LogP contribution in [0.2, 0.25) is 0 Å². The zero-order valence-corrected chi connectivity index (χ0v) is 18.3. The number of thioether (sulfide) groups is 1. The quantitative estimate of drug-likeness (QED) is 0.321. The number of aliphatic carboxylic acids is 1. The number of hydrogen-bond acceptors (Lipinski definition) is 5. The standard InChI is InChI=1S/C23H33FO5S/c1-29-15-17-5-2-4-16(12-17)13-18(25)7-8-20-19(21(24)14-22(20)26)9-11-30-10-3-6-23(27)28/h2,4-5,7-8,12,18-22,25-26H,3,6,9-11,13-15H2,1H3,(H,27,28)/t18-,19-,20-,21-,22-/m1/s1. The summed E-state index contributed by atoms with van der Waals surface area (Å²) in [6.07, 6.45) is 2.88. The lowest BCUT2D eigenvalue weighted by atomic mass is 9.90. The Hall–Kier alpha value is -1.41. The molecule has 5 atom stereocenters. The predicted octanol–water partition coefficient (Wildman–Crippen LogP) is 3.62. The van der Waals surface area contributed by atoms with Gasteiger partial charge in [0.1, 0.15) is 6.17 Å². The molecule has 0 aromatic heterocycles. The number of aliphatic hydroxyl groups excluding tert-OH is 2. The minimum absolute atomic E-state index is 0.124. The maximum atomic E-state index is 14.4. The molecule has 7 heteroatoms. The third kappa shape index (κ3) is 8.38. The van der Waals surface area contributed by atoms with E-state index in [9.17, 15) is 19.4 Å². The van der Waals surface area contributed by atoms with Crippen LogP contribution in [0.15, 0.2) is 36.4 Å². The average Bonchev–Trinajstić information content (AvgIpc) is 2.95. The molecular formula is C23H33FO5S. The highest BCUT2D eigenvalue weighted by atomic mass is 32.2. The van der Waals surface area contributed by atoms with Crippen molar-refractivity contribution in [3.05, 3.63) is 47.5 Å². The normalized spacial score (nSPS) is 25.1. The summed E-state index contributed by atoms with van der Waals surface area (Å²) in [6.45, 7) is 0.516. The van der Waals surface area contributed by atoms with E-state index in [0.29, 0.717) is 25.9 Å². The van der Waals surface area contributed by atoms with Crippen LogP contribution < -0.4 is 0 Å². The van der Waals surface area contributed by atoms with Crippen LogP contribution in [0.3, 0.4) is 0 Å². The van der Waals surface area contributed by atoms with E-state index < -0.39 is 24.3 Å². The lowest BCUT2D eigenvalue weighted by Crippen LogP contribution is -2.20. The van der Waals surface area contributed by atoms with Crippen molar-refractivity contribution < 1.29 is 29.2 Å². The number of halogens is 1. The fourth-order valence-electron chi connectivity index (χ4n) is 3.96. The second-order valence-electron chi connectivity index (χ2n) is 7.87. The number of alkyl halides is 1. The van der Waals surface area contributed by atoms with E-state index in [1.807, 2.05) is 24.3 Å². The smallest absolute Gasteiger partial charge is 0.303 e. The number of carboxylic acids is 1. The minimum Gasteiger partial charge on any atom is -0.481 e. The van der Waals surface area contributed by atoms with Crippen molar-refractivity contribution in [1.29, 1.82) is 0 Å². The van der Waals surface area contributed by atoms with Gasteiger partial charge in [0.25, 0.3) is 0 Å². The van der Waals surface area contributed by atoms with Gasteiger partial charge in [-0.25, -0.2) is 4.39 Å². The molecule has 0 unspecified atom stereocenters. The number of aliphatic hydroxyl groups is 2. The molecule has 1 aromatic carbocycles. The fraction of sp³-hybridized carbons (Fsp3) is 0.609. The zero-order valence-electron chi connectivity index (χ0n) is 17.5. The number of methoxy groups -OCH3 is 1. The van der Waals surface area contributed by atoms with Gasteiger partial charge in [-0.3, -0.25) is 4.79 Å². The number of carboxylic acid groups (broad SMARTS) is 1. The van der Waals surface area contributed by atoms with Crippen LogP contribution in [-0.4, -0.2) is 58.3 Å². The van der Waals surface area contributed by atoms with Crippen LogP contribution in [0.5, 0.6) is 0 Å². The van der Waals surface area contributed by atoms with Gasteiger partial charge in [0.2, 0.25) is 0 Å². The van der Waals surface area contributed by atoms with Crippen LogP contribution in [-0.2, 0) is 22.6 Å². The topological polar surface area (TPSA) is 87.0 Å². The van der Waals surface area contributed by atoms with Gasteiger partial charge in [-0.2, -0.15) is 11.8 Å². The highest BCUT2D eigenvalue weighted by Gasteiger charge is 2.40. The predicted molar refractivity (Wildman–Crippen MR) is 117 cm³/mol. The van der Waals surface area contributed by atoms with Gasteiger partial charge >= 0.3 is 5.97 Å². The molecule has 5 nitrogen and oxygen atoms in total. The number of rotatable bonds is 13. The maximum Gasteiger partial charge on any atom is 0.303 e. The van der Waals surface area contributed by atoms with Crippen LogP contribution in [0.1, 0.15) is 36.8 Å². The summed E-state index contributed by atoms with van der Waals surface area (Å²) in [5.41, 5.74) is 2.03. The molecule has 0 heterocycles. The zero-order chi connectivity index (χ0) is 21.9. The van der Waals surface area contributed by atoms with Crippen molar-refractivity contribution in [3.63, 3.8) is 0 Å². The summed E-state index contributed by atoms with van der Waals surface area (Å²) >= 11 is 1.62. The van der Waals surface area contributed by atoms with E-state index in [1.54, 1.807) is 31.0 Å². The van der Waals surface area contributed by atoms with E-state index in [-0.39, 0.29) is 24.7 Å². The lowest BCUT2D eigenvalue weighted by molar-refractivity contribution is -0.137. The van der Waals surface area contributed by atoms with Crippen molar-refractivity contribution in [1.82, 2.24) is 0 Å². The summed E-state index contributed by atoms with van der Waals surface area (Å²) < 4.78 is 19.5. The number of benzene rings is 1.